The second kappa shape index (κ2) is 7.81. The van der Waals surface area contributed by atoms with Crippen LogP contribution in [0.25, 0.3) is 0 Å². The Morgan fingerprint density at radius 1 is 1.44 bits per heavy atom. The molecule has 1 unspecified atom stereocenters. The summed E-state index contributed by atoms with van der Waals surface area (Å²) in [7, 11) is 0. The summed E-state index contributed by atoms with van der Waals surface area (Å²) < 4.78 is 0. The Balaban J connectivity index is 1.73. The normalized spacial score (nSPS) is 14.4. The number of nitriles is 1. The lowest BCUT2D eigenvalue weighted by molar-refractivity contribution is -0.116. The molecule has 2 aromatic rings. The first-order valence-corrected chi connectivity index (χ1v) is 9.58. The summed E-state index contributed by atoms with van der Waals surface area (Å²) in [6, 6.07) is 10.6. The predicted octanol–water partition coefficient (Wildman–Crippen LogP) is 3.96. The largest absolute Gasteiger partial charge is 0.317 e. The topological polar surface area (TPSA) is 64.9 Å². The average Bonchev–Trinajstić information content (AvgIpc) is 2.98. The number of anilines is 1. The van der Waals surface area contributed by atoms with Gasteiger partial charge < -0.3 is 10.6 Å². The van der Waals surface area contributed by atoms with E-state index in [2.05, 4.69) is 42.7 Å². The van der Waals surface area contributed by atoms with Crippen molar-refractivity contribution in [2.24, 2.45) is 0 Å². The minimum Gasteiger partial charge on any atom is -0.317 e. The molecule has 1 aliphatic heterocycles. The number of hydrogen-bond donors (Lipinski definition) is 2. The van der Waals surface area contributed by atoms with E-state index in [9.17, 15) is 10.1 Å². The van der Waals surface area contributed by atoms with Gasteiger partial charge in [-0.25, -0.2) is 0 Å². The lowest BCUT2D eigenvalue weighted by Gasteiger charge is -2.15. The van der Waals surface area contributed by atoms with Gasteiger partial charge in [0.05, 0.1) is 5.56 Å². The molecule has 2 heterocycles. The van der Waals surface area contributed by atoms with Gasteiger partial charge in [-0.3, -0.25) is 4.79 Å². The van der Waals surface area contributed by atoms with Gasteiger partial charge in [-0.1, -0.05) is 38.1 Å². The fraction of sp³-hybridized carbons (Fsp3) is 0.400. The number of aryl methyl sites for hydroxylation is 1. The van der Waals surface area contributed by atoms with E-state index in [1.807, 2.05) is 12.1 Å². The van der Waals surface area contributed by atoms with E-state index >= 15 is 0 Å². The number of carbonyl (C=O) groups is 1. The Morgan fingerprint density at radius 3 is 3.00 bits per heavy atom. The molecule has 0 saturated carbocycles. The van der Waals surface area contributed by atoms with Gasteiger partial charge in [-0.05, 0) is 42.0 Å². The quantitative estimate of drug-likeness (QED) is 0.855. The number of nitrogens with zero attached hydrogens (tertiary/aromatic N) is 1. The van der Waals surface area contributed by atoms with Crippen LogP contribution in [0.3, 0.4) is 0 Å². The van der Waals surface area contributed by atoms with Crippen LogP contribution >= 0.6 is 11.3 Å². The summed E-state index contributed by atoms with van der Waals surface area (Å²) in [6.07, 6.45) is 2.24. The zero-order chi connectivity index (χ0) is 17.8. The first-order valence-electron chi connectivity index (χ1n) is 8.77. The van der Waals surface area contributed by atoms with E-state index in [1.54, 1.807) is 0 Å². The number of rotatable bonds is 5. The fourth-order valence-corrected chi connectivity index (χ4v) is 4.63. The molecule has 0 aliphatic carbocycles. The second-order valence-corrected chi connectivity index (χ2v) is 7.56. The summed E-state index contributed by atoms with van der Waals surface area (Å²) >= 11 is 1.53. The van der Waals surface area contributed by atoms with E-state index < -0.39 is 0 Å². The van der Waals surface area contributed by atoms with E-state index in [0.717, 1.165) is 31.5 Å². The lowest BCUT2D eigenvalue weighted by Crippen LogP contribution is -2.22. The van der Waals surface area contributed by atoms with Gasteiger partial charge >= 0.3 is 0 Å². The molecule has 0 spiro atoms. The van der Waals surface area contributed by atoms with Crippen LogP contribution in [0.15, 0.2) is 24.3 Å². The molecule has 1 aliphatic rings. The highest BCUT2D eigenvalue weighted by atomic mass is 32.1. The highest BCUT2D eigenvalue weighted by molar-refractivity contribution is 7.16. The van der Waals surface area contributed by atoms with Crippen LogP contribution in [0.4, 0.5) is 5.00 Å². The summed E-state index contributed by atoms with van der Waals surface area (Å²) in [4.78, 5) is 13.7. The van der Waals surface area contributed by atoms with Crippen molar-refractivity contribution < 1.29 is 4.79 Å². The number of carbonyl (C=O) groups excluding carboxylic acids is 1. The number of benzene rings is 1. The molecule has 0 fully saturated rings. The highest BCUT2D eigenvalue weighted by Gasteiger charge is 2.22. The molecule has 2 N–H and O–H groups in total. The molecule has 1 aromatic carbocycles. The third-order valence-corrected chi connectivity index (χ3v) is 5.90. The van der Waals surface area contributed by atoms with Crippen LogP contribution in [0.1, 0.15) is 53.3 Å². The van der Waals surface area contributed by atoms with Gasteiger partial charge in [0, 0.05) is 17.8 Å². The van der Waals surface area contributed by atoms with Crippen LogP contribution in [0.5, 0.6) is 0 Å². The second-order valence-electron chi connectivity index (χ2n) is 6.45. The van der Waals surface area contributed by atoms with E-state index in [1.165, 1.54) is 27.3 Å². The minimum atomic E-state index is -0.0264. The Labute approximate surface area is 152 Å². The number of fused-ring (bicyclic) bond motifs is 1. The van der Waals surface area contributed by atoms with Crippen molar-refractivity contribution in [3.63, 3.8) is 0 Å². The van der Waals surface area contributed by atoms with Crippen LogP contribution in [0, 0.1) is 11.3 Å². The average molecular weight is 353 g/mol. The van der Waals surface area contributed by atoms with Gasteiger partial charge in [-0.15, -0.1) is 11.3 Å². The third-order valence-electron chi connectivity index (χ3n) is 4.75. The van der Waals surface area contributed by atoms with Gasteiger partial charge in [-0.2, -0.15) is 5.26 Å². The third kappa shape index (κ3) is 3.76. The van der Waals surface area contributed by atoms with Gasteiger partial charge in [0.15, 0.2) is 0 Å². The number of hydrogen-bond acceptors (Lipinski definition) is 4. The molecule has 1 atom stereocenters. The van der Waals surface area contributed by atoms with Crippen LogP contribution in [-0.4, -0.2) is 12.5 Å². The van der Waals surface area contributed by atoms with Gasteiger partial charge in [0.25, 0.3) is 0 Å². The first-order chi connectivity index (χ1) is 12.1. The van der Waals surface area contributed by atoms with E-state index in [-0.39, 0.29) is 11.8 Å². The van der Waals surface area contributed by atoms with Crippen LogP contribution in [0.2, 0.25) is 0 Å². The van der Waals surface area contributed by atoms with Crippen molar-refractivity contribution in [2.45, 2.75) is 45.6 Å². The summed E-state index contributed by atoms with van der Waals surface area (Å²) in [5, 5.41) is 16.5. The van der Waals surface area contributed by atoms with Gasteiger partial charge in [0.1, 0.15) is 11.1 Å². The number of thiophene rings is 1. The van der Waals surface area contributed by atoms with Gasteiger partial charge in [0.2, 0.25) is 5.91 Å². The zero-order valence-corrected chi connectivity index (χ0v) is 15.5. The highest BCUT2D eigenvalue weighted by Crippen LogP contribution is 2.35. The smallest absolute Gasteiger partial charge is 0.225 e. The molecule has 4 nitrogen and oxygen atoms in total. The predicted molar refractivity (Wildman–Crippen MR) is 102 cm³/mol. The maximum atomic E-state index is 12.5. The summed E-state index contributed by atoms with van der Waals surface area (Å²) in [5.41, 5.74) is 4.27. The fourth-order valence-electron chi connectivity index (χ4n) is 3.44. The molecular weight excluding hydrogens is 330 g/mol. The number of nitrogens with one attached hydrogen (secondary N) is 2. The summed E-state index contributed by atoms with van der Waals surface area (Å²) in [6.45, 7) is 5.89. The molecule has 5 heteroatoms. The SMILES string of the molecule is CCc1ccccc1C(C)CC(=O)Nc1sc2c(c1C#N)CCNC2. The Kier molecular flexibility index (Phi) is 5.52. The minimum absolute atomic E-state index is 0.0264. The number of amides is 1. The first kappa shape index (κ1) is 17.7. The zero-order valence-electron chi connectivity index (χ0n) is 14.7. The molecule has 0 bridgehead atoms. The lowest BCUT2D eigenvalue weighted by atomic mass is 9.92. The maximum Gasteiger partial charge on any atom is 0.225 e. The van der Waals surface area contributed by atoms with Crippen molar-refractivity contribution in [1.82, 2.24) is 5.32 Å². The molecule has 0 radical (unpaired) electrons. The molecule has 1 amide bonds. The van der Waals surface area contributed by atoms with Crippen molar-refractivity contribution >= 4 is 22.2 Å². The molecule has 25 heavy (non-hydrogen) atoms. The van der Waals surface area contributed by atoms with E-state index in [0.29, 0.717) is 17.0 Å². The maximum absolute atomic E-state index is 12.5. The van der Waals surface area contributed by atoms with Crippen molar-refractivity contribution in [2.75, 3.05) is 11.9 Å². The van der Waals surface area contributed by atoms with Crippen molar-refractivity contribution in [3.8, 4) is 6.07 Å². The molecule has 3 rings (SSSR count). The standard InChI is InChI=1S/C20H23N3OS/c1-3-14-6-4-5-7-15(14)13(2)10-19(24)23-20-17(11-21)16-8-9-22-12-18(16)25-20/h4-7,13,22H,3,8-10,12H2,1-2H3,(H,23,24). The molecule has 0 saturated heterocycles. The summed E-state index contributed by atoms with van der Waals surface area (Å²) in [5.74, 6) is 0.124. The molecule has 1 aromatic heterocycles. The molecule has 130 valence electrons. The monoisotopic (exact) mass is 353 g/mol. The Morgan fingerprint density at radius 2 is 2.24 bits per heavy atom. The van der Waals surface area contributed by atoms with Crippen LogP contribution in [-0.2, 0) is 24.2 Å². The Bertz CT molecular complexity index is 819. The van der Waals surface area contributed by atoms with E-state index in [4.69, 9.17) is 0 Å². The Hall–Kier alpha value is -2.16. The van der Waals surface area contributed by atoms with Crippen molar-refractivity contribution in [3.05, 3.63) is 51.4 Å². The molecular formula is C20H23N3OS. The van der Waals surface area contributed by atoms with Crippen LogP contribution < -0.4 is 10.6 Å². The van der Waals surface area contributed by atoms with Crippen molar-refractivity contribution in [1.29, 1.82) is 5.26 Å².